The van der Waals surface area contributed by atoms with Gasteiger partial charge in [-0.3, -0.25) is 0 Å². The van der Waals surface area contributed by atoms with Crippen LogP contribution in [-0.2, 0) is 9.84 Å². The van der Waals surface area contributed by atoms with Crippen LogP contribution in [0.5, 0.6) is 0 Å². The Bertz CT molecular complexity index is 491. The van der Waals surface area contributed by atoms with Crippen molar-refractivity contribution >= 4 is 15.5 Å². The Morgan fingerprint density at radius 2 is 1.88 bits per heavy atom. The van der Waals surface area contributed by atoms with Crippen LogP contribution >= 0.6 is 0 Å². The van der Waals surface area contributed by atoms with Crippen molar-refractivity contribution in [2.45, 2.75) is 4.90 Å². The molecular formula is C12H17N2O2S. The largest absolute Gasteiger partial charge is 0.368 e. The molecule has 1 saturated heterocycles. The van der Waals surface area contributed by atoms with E-state index in [4.69, 9.17) is 0 Å². The molecular weight excluding hydrogens is 236 g/mol. The van der Waals surface area contributed by atoms with Gasteiger partial charge in [0.25, 0.3) is 0 Å². The van der Waals surface area contributed by atoms with Crippen LogP contribution in [0, 0.1) is 6.07 Å². The fraction of sp³-hybridized carbons (Fsp3) is 0.500. The summed E-state index contributed by atoms with van der Waals surface area (Å²) in [6, 6.07) is 8.00. The Labute approximate surface area is 103 Å². The number of rotatable bonds is 2. The molecule has 4 nitrogen and oxygen atoms in total. The molecule has 2 rings (SSSR count). The highest BCUT2D eigenvalue weighted by atomic mass is 32.2. The van der Waals surface area contributed by atoms with Gasteiger partial charge in [-0.15, -0.1) is 0 Å². The first-order valence-electron chi connectivity index (χ1n) is 5.62. The van der Waals surface area contributed by atoms with Crippen LogP contribution in [-0.4, -0.2) is 52.8 Å². The summed E-state index contributed by atoms with van der Waals surface area (Å²) < 4.78 is 23.4. The number of likely N-dealkylation sites (N-methyl/N-ethyl adjacent to an activating group) is 1. The van der Waals surface area contributed by atoms with Crippen molar-refractivity contribution < 1.29 is 8.42 Å². The maximum atomic E-state index is 11.7. The number of piperazine rings is 1. The van der Waals surface area contributed by atoms with E-state index in [1.54, 1.807) is 18.2 Å². The fourth-order valence-corrected chi connectivity index (χ4v) is 2.90. The van der Waals surface area contributed by atoms with Gasteiger partial charge in [0, 0.05) is 32.4 Å². The highest BCUT2D eigenvalue weighted by Gasteiger charge is 2.20. The third kappa shape index (κ3) is 2.79. The monoisotopic (exact) mass is 253 g/mol. The summed E-state index contributed by atoms with van der Waals surface area (Å²) in [5.74, 6) is 0. The first-order valence-corrected chi connectivity index (χ1v) is 7.51. The number of nitrogens with zero attached hydrogens (tertiary/aromatic N) is 2. The van der Waals surface area contributed by atoms with E-state index >= 15 is 0 Å². The van der Waals surface area contributed by atoms with Crippen molar-refractivity contribution in [3.05, 3.63) is 24.3 Å². The summed E-state index contributed by atoms with van der Waals surface area (Å²) in [5.41, 5.74) is 0.781. The average Bonchev–Trinajstić information content (AvgIpc) is 2.29. The average molecular weight is 253 g/mol. The maximum absolute atomic E-state index is 11.7. The Balaban J connectivity index is 2.33. The zero-order valence-electron chi connectivity index (χ0n) is 10.2. The number of benzene rings is 1. The molecule has 1 aliphatic rings. The number of sulfone groups is 1. The van der Waals surface area contributed by atoms with E-state index in [1.165, 1.54) is 6.26 Å². The lowest BCUT2D eigenvalue weighted by atomic mass is 10.2. The Morgan fingerprint density at radius 1 is 1.24 bits per heavy atom. The quantitative estimate of drug-likeness (QED) is 0.775. The number of anilines is 1. The second-order valence-corrected chi connectivity index (χ2v) is 6.44. The van der Waals surface area contributed by atoms with E-state index in [2.05, 4.69) is 22.9 Å². The minimum Gasteiger partial charge on any atom is -0.368 e. The molecule has 93 valence electrons. The molecule has 1 heterocycles. The maximum Gasteiger partial charge on any atom is 0.177 e. The van der Waals surface area contributed by atoms with Crippen LogP contribution in [0.25, 0.3) is 0 Å². The van der Waals surface area contributed by atoms with E-state index in [9.17, 15) is 8.42 Å². The molecule has 0 N–H and O–H groups in total. The lowest BCUT2D eigenvalue weighted by Crippen LogP contribution is -2.44. The van der Waals surface area contributed by atoms with Gasteiger partial charge in [0.1, 0.15) is 0 Å². The van der Waals surface area contributed by atoms with Gasteiger partial charge in [-0.25, -0.2) is 8.42 Å². The van der Waals surface area contributed by atoms with Gasteiger partial charge in [-0.05, 0) is 25.2 Å². The minimum absolute atomic E-state index is 0.404. The highest BCUT2D eigenvalue weighted by molar-refractivity contribution is 7.90. The molecule has 0 saturated carbocycles. The standard InChI is InChI=1S/C12H17N2O2S/c1-13-7-9-14(10-8-13)11-5-3-4-6-12(11)17(2,15)16/h4-6H,7-10H2,1-2H3. The third-order valence-corrected chi connectivity index (χ3v) is 4.19. The SMILES string of the molecule is CN1CCN(c2c[c]ccc2S(C)(=O)=O)CC1. The van der Waals surface area contributed by atoms with Gasteiger partial charge in [-0.1, -0.05) is 6.07 Å². The lowest BCUT2D eigenvalue weighted by molar-refractivity contribution is 0.312. The summed E-state index contributed by atoms with van der Waals surface area (Å²) in [5, 5.41) is 0. The van der Waals surface area contributed by atoms with E-state index < -0.39 is 9.84 Å². The Morgan fingerprint density at radius 3 is 2.47 bits per heavy atom. The Hall–Kier alpha value is -1.07. The highest BCUT2D eigenvalue weighted by Crippen LogP contribution is 2.25. The smallest absolute Gasteiger partial charge is 0.177 e. The van der Waals surface area contributed by atoms with Crippen LogP contribution in [0.15, 0.2) is 23.1 Å². The van der Waals surface area contributed by atoms with Gasteiger partial charge in [0.05, 0.1) is 10.6 Å². The van der Waals surface area contributed by atoms with Crippen LogP contribution in [0.1, 0.15) is 0 Å². The third-order valence-electron chi connectivity index (χ3n) is 3.05. The summed E-state index contributed by atoms with van der Waals surface area (Å²) >= 11 is 0. The molecule has 1 aromatic carbocycles. The van der Waals surface area contributed by atoms with Crippen molar-refractivity contribution in [3.63, 3.8) is 0 Å². The molecule has 0 spiro atoms. The zero-order chi connectivity index (χ0) is 12.5. The van der Waals surface area contributed by atoms with Crippen LogP contribution < -0.4 is 4.90 Å². The summed E-state index contributed by atoms with van der Waals surface area (Å²) in [6.45, 7) is 3.63. The molecule has 0 amide bonds. The summed E-state index contributed by atoms with van der Waals surface area (Å²) in [6.07, 6.45) is 1.25. The predicted molar refractivity (Wildman–Crippen MR) is 68.1 cm³/mol. The molecule has 1 aliphatic heterocycles. The summed E-state index contributed by atoms with van der Waals surface area (Å²) in [7, 11) is -1.10. The molecule has 5 heteroatoms. The molecule has 0 bridgehead atoms. The molecule has 1 radical (unpaired) electrons. The minimum atomic E-state index is -3.17. The molecule has 0 atom stereocenters. The van der Waals surface area contributed by atoms with Gasteiger partial charge in [0.15, 0.2) is 9.84 Å². The van der Waals surface area contributed by atoms with Gasteiger partial charge >= 0.3 is 0 Å². The molecule has 17 heavy (non-hydrogen) atoms. The lowest BCUT2D eigenvalue weighted by Gasteiger charge is -2.34. The second kappa shape index (κ2) is 4.66. The molecule has 1 aromatic rings. The van der Waals surface area contributed by atoms with Gasteiger partial charge in [0.2, 0.25) is 0 Å². The van der Waals surface area contributed by atoms with Crippen molar-refractivity contribution in [2.24, 2.45) is 0 Å². The van der Waals surface area contributed by atoms with Gasteiger partial charge < -0.3 is 9.80 Å². The second-order valence-electron chi connectivity index (χ2n) is 4.46. The zero-order valence-corrected chi connectivity index (χ0v) is 11.0. The Kier molecular flexibility index (Phi) is 3.40. The molecule has 0 aliphatic carbocycles. The van der Waals surface area contributed by atoms with Crippen molar-refractivity contribution in [1.82, 2.24) is 4.90 Å². The molecule has 0 unspecified atom stereocenters. The van der Waals surface area contributed by atoms with Crippen molar-refractivity contribution in [2.75, 3.05) is 44.4 Å². The van der Waals surface area contributed by atoms with Crippen LogP contribution in [0.3, 0.4) is 0 Å². The van der Waals surface area contributed by atoms with Crippen molar-refractivity contribution in [1.29, 1.82) is 0 Å². The predicted octanol–water partition coefficient (Wildman–Crippen LogP) is 0.642. The fourth-order valence-electron chi connectivity index (χ4n) is 2.02. The van der Waals surface area contributed by atoms with E-state index in [-0.39, 0.29) is 0 Å². The van der Waals surface area contributed by atoms with Gasteiger partial charge in [-0.2, -0.15) is 0 Å². The molecule has 1 fully saturated rings. The number of hydrogen-bond acceptors (Lipinski definition) is 4. The van der Waals surface area contributed by atoms with Crippen molar-refractivity contribution in [3.8, 4) is 0 Å². The van der Waals surface area contributed by atoms with Crippen LogP contribution in [0.4, 0.5) is 5.69 Å². The van der Waals surface area contributed by atoms with E-state index in [1.807, 2.05) is 0 Å². The topological polar surface area (TPSA) is 40.6 Å². The van der Waals surface area contributed by atoms with E-state index in [0.29, 0.717) is 4.90 Å². The van der Waals surface area contributed by atoms with E-state index in [0.717, 1.165) is 31.9 Å². The van der Waals surface area contributed by atoms with Crippen LogP contribution in [0.2, 0.25) is 0 Å². The molecule has 0 aromatic heterocycles. The first-order chi connectivity index (χ1) is 7.98. The normalized spacial score (nSPS) is 18.4. The first kappa shape index (κ1) is 12.4. The summed E-state index contributed by atoms with van der Waals surface area (Å²) in [4.78, 5) is 4.76. The number of hydrogen-bond donors (Lipinski definition) is 0.